The molecule has 2 N–H and O–H groups in total. The molecule has 2 aliphatic rings. The summed E-state index contributed by atoms with van der Waals surface area (Å²) in [7, 11) is 0. The van der Waals surface area contributed by atoms with Crippen molar-refractivity contribution in [2.24, 2.45) is 10.9 Å². The predicted octanol–water partition coefficient (Wildman–Crippen LogP) is 2.82. The largest absolute Gasteiger partial charge is 0.388 e. The molecule has 24 heavy (non-hydrogen) atoms. The van der Waals surface area contributed by atoms with Gasteiger partial charge in [-0.3, -0.25) is 4.99 Å². The number of aliphatic hydroxyl groups is 1. The fourth-order valence-electron chi connectivity index (χ4n) is 3.98. The number of hydrogen-bond donors (Lipinski definition) is 2. The second-order valence-electron chi connectivity index (χ2n) is 7.39. The van der Waals surface area contributed by atoms with Gasteiger partial charge in [-0.15, -0.1) is 0 Å². The van der Waals surface area contributed by atoms with Crippen LogP contribution in [0.25, 0.3) is 0 Å². The summed E-state index contributed by atoms with van der Waals surface area (Å²) in [5.74, 6) is 1.67. The maximum absolute atomic E-state index is 10.5. The molecule has 0 radical (unpaired) electrons. The van der Waals surface area contributed by atoms with E-state index in [1.807, 2.05) is 0 Å². The van der Waals surface area contributed by atoms with Crippen molar-refractivity contribution >= 4 is 5.96 Å². The third kappa shape index (κ3) is 4.50. The summed E-state index contributed by atoms with van der Waals surface area (Å²) in [6.45, 7) is 5.63. The van der Waals surface area contributed by atoms with Crippen LogP contribution in [0.4, 0.5) is 0 Å². The van der Waals surface area contributed by atoms with Gasteiger partial charge in [0.2, 0.25) is 0 Å². The van der Waals surface area contributed by atoms with Crippen LogP contribution in [0.1, 0.15) is 44.6 Å². The molecule has 1 heterocycles. The normalized spacial score (nSPS) is 23.7. The molecule has 2 fully saturated rings. The molecule has 3 rings (SSSR count). The molecular formula is C20H31N3O. The summed E-state index contributed by atoms with van der Waals surface area (Å²) < 4.78 is 0. The molecular weight excluding hydrogens is 298 g/mol. The summed E-state index contributed by atoms with van der Waals surface area (Å²) in [6.07, 6.45) is 6.40. The Morgan fingerprint density at radius 1 is 1.29 bits per heavy atom. The van der Waals surface area contributed by atoms with E-state index in [4.69, 9.17) is 4.99 Å². The molecule has 1 saturated carbocycles. The molecule has 0 aromatic heterocycles. The SMILES string of the molecule is CCNC(=NCC1(O)CCCC1)N1CCC(Cc2ccccc2)C1. The van der Waals surface area contributed by atoms with Gasteiger partial charge < -0.3 is 15.3 Å². The number of nitrogens with zero attached hydrogens (tertiary/aromatic N) is 2. The Labute approximate surface area is 146 Å². The van der Waals surface area contributed by atoms with Crippen molar-refractivity contribution in [1.29, 1.82) is 0 Å². The van der Waals surface area contributed by atoms with Crippen molar-refractivity contribution < 1.29 is 5.11 Å². The van der Waals surface area contributed by atoms with Crippen molar-refractivity contribution in [2.75, 3.05) is 26.2 Å². The van der Waals surface area contributed by atoms with E-state index in [0.717, 1.165) is 57.7 Å². The molecule has 4 nitrogen and oxygen atoms in total. The van der Waals surface area contributed by atoms with Gasteiger partial charge in [0.05, 0.1) is 12.1 Å². The van der Waals surface area contributed by atoms with Gasteiger partial charge in [0.1, 0.15) is 0 Å². The van der Waals surface area contributed by atoms with Gasteiger partial charge in [-0.1, -0.05) is 43.2 Å². The summed E-state index contributed by atoms with van der Waals surface area (Å²) in [6, 6.07) is 10.8. The van der Waals surface area contributed by atoms with Crippen molar-refractivity contribution in [1.82, 2.24) is 10.2 Å². The fraction of sp³-hybridized carbons (Fsp3) is 0.650. The quantitative estimate of drug-likeness (QED) is 0.645. The van der Waals surface area contributed by atoms with Crippen molar-refractivity contribution in [3.8, 4) is 0 Å². The monoisotopic (exact) mass is 329 g/mol. The second-order valence-corrected chi connectivity index (χ2v) is 7.39. The fourth-order valence-corrected chi connectivity index (χ4v) is 3.98. The highest BCUT2D eigenvalue weighted by molar-refractivity contribution is 5.80. The standard InChI is InChI=1S/C20H31N3O/c1-2-21-19(22-16-20(24)11-6-7-12-20)23-13-10-18(15-23)14-17-8-4-3-5-9-17/h3-5,8-9,18,24H,2,6-7,10-16H2,1H3,(H,21,22). The van der Waals surface area contributed by atoms with Crippen LogP contribution in [0, 0.1) is 5.92 Å². The zero-order chi connectivity index (χ0) is 16.8. The lowest BCUT2D eigenvalue weighted by Gasteiger charge is -2.25. The lowest BCUT2D eigenvalue weighted by Crippen LogP contribution is -2.41. The van der Waals surface area contributed by atoms with Crippen LogP contribution >= 0.6 is 0 Å². The van der Waals surface area contributed by atoms with E-state index in [1.54, 1.807) is 0 Å². The van der Waals surface area contributed by atoms with Crippen LogP contribution in [0.2, 0.25) is 0 Å². The van der Waals surface area contributed by atoms with E-state index >= 15 is 0 Å². The Morgan fingerprint density at radius 2 is 2.04 bits per heavy atom. The first kappa shape index (κ1) is 17.3. The molecule has 1 unspecified atom stereocenters. The number of aliphatic imine (C=N–C) groups is 1. The Kier molecular flexibility index (Phi) is 5.77. The lowest BCUT2D eigenvalue weighted by molar-refractivity contribution is 0.0572. The summed E-state index contributed by atoms with van der Waals surface area (Å²) in [5, 5.41) is 14.0. The van der Waals surface area contributed by atoms with Crippen LogP contribution in [0.15, 0.2) is 35.3 Å². The summed E-state index contributed by atoms with van der Waals surface area (Å²) in [4.78, 5) is 7.14. The Hall–Kier alpha value is -1.55. The van der Waals surface area contributed by atoms with Gasteiger partial charge in [0, 0.05) is 19.6 Å². The molecule has 1 aromatic carbocycles. The topological polar surface area (TPSA) is 47.9 Å². The molecule has 4 heteroatoms. The summed E-state index contributed by atoms with van der Waals surface area (Å²) in [5.41, 5.74) is 0.857. The highest BCUT2D eigenvalue weighted by atomic mass is 16.3. The maximum Gasteiger partial charge on any atom is 0.194 e. The first-order valence-corrected chi connectivity index (χ1v) is 9.48. The molecule has 0 amide bonds. The van der Waals surface area contributed by atoms with Gasteiger partial charge in [-0.25, -0.2) is 0 Å². The number of likely N-dealkylation sites (tertiary alicyclic amines) is 1. The minimum absolute atomic E-state index is 0.537. The van der Waals surface area contributed by atoms with Crippen LogP contribution in [0.3, 0.4) is 0 Å². The molecule has 0 spiro atoms. The van der Waals surface area contributed by atoms with Gasteiger partial charge in [0.25, 0.3) is 0 Å². The molecule has 132 valence electrons. The maximum atomic E-state index is 10.5. The van der Waals surface area contributed by atoms with Crippen LogP contribution in [0.5, 0.6) is 0 Å². The average molecular weight is 329 g/mol. The molecule has 1 aromatic rings. The zero-order valence-electron chi connectivity index (χ0n) is 14.9. The number of nitrogens with one attached hydrogen (secondary N) is 1. The van der Waals surface area contributed by atoms with E-state index in [-0.39, 0.29) is 0 Å². The van der Waals surface area contributed by atoms with Gasteiger partial charge in [0.15, 0.2) is 5.96 Å². The second kappa shape index (κ2) is 8.02. The first-order valence-electron chi connectivity index (χ1n) is 9.48. The predicted molar refractivity (Wildman–Crippen MR) is 99.2 cm³/mol. The van der Waals surface area contributed by atoms with Gasteiger partial charge in [-0.2, -0.15) is 0 Å². The highest BCUT2D eigenvalue weighted by Gasteiger charge is 2.31. The van der Waals surface area contributed by atoms with Crippen molar-refractivity contribution in [3.05, 3.63) is 35.9 Å². The molecule has 1 aliphatic carbocycles. The smallest absolute Gasteiger partial charge is 0.194 e. The minimum atomic E-state index is -0.566. The highest BCUT2D eigenvalue weighted by Crippen LogP contribution is 2.29. The third-order valence-electron chi connectivity index (χ3n) is 5.34. The Bertz CT molecular complexity index is 537. The Balaban J connectivity index is 1.58. The van der Waals surface area contributed by atoms with Gasteiger partial charge >= 0.3 is 0 Å². The van der Waals surface area contributed by atoms with E-state index in [2.05, 4.69) is 47.5 Å². The van der Waals surface area contributed by atoms with Crippen molar-refractivity contribution in [3.63, 3.8) is 0 Å². The number of guanidine groups is 1. The lowest BCUT2D eigenvalue weighted by atomic mass is 9.99. The van der Waals surface area contributed by atoms with Crippen LogP contribution < -0.4 is 5.32 Å². The molecule has 1 atom stereocenters. The van der Waals surface area contributed by atoms with E-state index in [1.165, 1.54) is 12.0 Å². The van der Waals surface area contributed by atoms with E-state index < -0.39 is 5.60 Å². The summed E-state index contributed by atoms with van der Waals surface area (Å²) >= 11 is 0. The van der Waals surface area contributed by atoms with Crippen LogP contribution in [-0.4, -0.2) is 47.7 Å². The molecule has 0 bridgehead atoms. The van der Waals surface area contributed by atoms with Crippen molar-refractivity contribution in [2.45, 2.75) is 51.0 Å². The average Bonchev–Trinajstić information content (AvgIpc) is 3.22. The van der Waals surface area contributed by atoms with E-state index in [0.29, 0.717) is 12.5 Å². The first-order chi connectivity index (χ1) is 11.7. The molecule has 1 saturated heterocycles. The van der Waals surface area contributed by atoms with Gasteiger partial charge in [-0.05, 0) is 44.1 Å². The number of hydrogen-bond acceptors (Lipinski definition) is 2. The minimum Gasteiger partial charge on any atom is -0.388 e. The Morgan fingerprint density at radius 3 is 2.75 bits per heavy atom. The molecule has 1 aliphatic heterocycles. The zero-order valence-corrected chi connectivity index (χ0v) is 14.9. The number of benzene rings is 1. The van der Waals surface area contributed by atoms with E-state index in [9.17, 15) is 5.11 Å². The number of rotatable bonds is 5. The third-order valence-corrected chi connectivity index (χ3v) is 5.34. The van der Waals surface area contributed by atoms with Crippen LogP contribution in [-0.2, 0) is 6.42 Å².